The summed E-state index contributed by atoms with van der Waals surface area (Å²) in [6, 6.07) is 8.42. The van der Waals surface area contributed by atoms with E-state index in [0.29, 0.717) is 27.1 Å². The smallest absolute Gasteiger partial charge is 0.305 e. The van der Waals surface area contributed by atoms with Gasteiger partial charge in [0, 0.05) is 18.2 Å². The summed E-state index contributed by atoms with van der Waals surface area (Å²) in [5.41, 5.74) is 0.716. The number of hydrogen-bond acceptors (Lipinski definition) is 5. The summed E-state index contributed by atoms with van der Waals surface area (Å²) in [5, 5.41) is 9.01. The molecule has 6 nitrogen and oxygen atoms in total. The van der Waals surface area contributed by atoms with Gasteiger partial charge in [0.25, 0.3) is 11.1 Å². The van der Waals surface area contributed by atoms with Crippen LogP contribution in [0.2, 0.25) is 10.0 Å². The van der Waals surface area contributed by atoms with E-state index < -0.39 is 17.1 Å². The van der Waals surface area contributed by atoms with Gasteiger partial charge in [0.15, 0.2) is 0 Å². The first-order valence-electron chi connectivity index (χ1n) is 7.37. The number of carbonyl (C=O) groups is 3. The van der Waals surface area contributed by atoms with Gasteiger partial charge in [-0.05, 0) is 42.1 Å². The van der Waals surface area contributed by atoms with Gasteiger partial charge in [-0.1, -0.05) is 23.2 Å². The maximum absolute atomic E-state index is 12.2. The van der Waals surface area contributed by atoms with E-state index in [2.05, 4.69) is 0 Å². The molecule has 1 aromatic carbocycles. The van der Waals surface area contributed by atoms with Crippen LogP contribution in [0.25, 0.3) is 17.4 Å². The van der Waals surface area contributed by atoms with E-state index in [1.54, 1.807) is 30.3 Å². The normalized spacial score (nSPS) is 15.9. The highest BCUT2D eigenvalue weighted by Gasteiger charge is 2.35. The van der Waals surface area contributed by atoms with Crippen LogP contribution in [0.3, 0.4) is 0 Å². The minimum absolute atomic E-state index is 0.163. The van der Waals surface area contributed by atoms with Gasteiger partial charge < -0.3 is 9.52 Å². The molecule has 1 aliphatic heterocycles. The van der Waals surface area contributed by atoms with Gasteiger partial charge in [-0.15, -0.1) is 0 Å². The number of imide groups is 1. The number of thioether (sulfide) groups is 1. The summed E-state index contributed by atoms with van der Waals surface area (Å²) in [6.07, 6.45) is 1.15. The molecule has 1 aliphatic rings. The number of carboxylic acid groups (broad SMARTS) is 1. The lowest BCUT2D eigenvalue weighted by atomic mass is 10.2. The van der Waals surface area contributed by atoms with Crippen molar-refractivity contribution in [3.05, 3.63) is 51.0 Å². The Hall–Kier alpha value is -2.22. The molecule has 1 fully saturated rings. The van der Waals surface area contributed by atoms with Crippen molar-refractivity contribution in [1.82, 2.24) is 4.90 Å². The fourth-order valence-corrected chi connectivity index (χ4v) is 3.41. The summed E-state index contributed by atoms with van der Waals surface area (Å²) in [5.74, 6) is -0.700. The fourth-order valence-electron chi connectivity index (χ4n) is 2.26. The second-order valence-electron chi connectivity index (χ2n) is 5.31. The zero-order valence-electron chi connectivity index (χ0n) is 13.1. The predicted octanol–water partition coefficient (Wildman–Crippen LogP) is 4.76. The van der Waals surface area contributed by atoms with Gasteiger partial charge in [-0.2, -0.15) is 0 Å². The Morgan fingerprint density at radius 3 is 2.65 bits per heavy atom. The van der Waals surface area contributed by atoms with Gasteiger partial charge in [0.2, 0.25) is 0 Å². The molecule has 2 aromatic rings. The van der Waals surface area contributed by atoms with Crippen molar-refractivity contribution < 1.29 is 23.9 Å². The van der Waals surface area contributed by atoms with Crippen LogP contribution in [0, 0.1) is 0 Å². The molecule has 0 bridgehead atoms. The molecular formula is C17H11Cl2NO5S. The predicted molar refractivity (Wildman–Crippen MR) is 99.1 cm³/mol. The van der Waals surface area contributed by atoms with Crippen molar-refractivity contribution >= 4 is 58.2 Å². The molecule has 3 rings (SSSR count). The van der Waals surface area contributed by atoms with E-state index in [0.717, 1.165) is 16.7 Å². The molecule has 0 radical (unpaired) electrons. The van der Waals surface area contributed by atoms with E-state index in [1.165, 1.54) is 6.08 Å². The lowest BCUT2D eigenvalue weighted by Gasteiger charge is -2.09. The maximum atomic E-state index is 12.2. The van der Waals surface area contributed by atoms with Gasteiger partial charge in [0.1, 0.15) is 11.5 Å². The number of furan rings is 1. The Kier molecular flexibility index (Phi) is 5.41. The molecule has 2 amide bonds. The maximum Gasteiger partial charge on any atom is 0.305 e. The highest BCUT2D eigenvalue weighted by molar-refractivity contribution is 8.18. The standard InChI is InChI=1S/C17H11Cl2NO5S/c18-11-3-1-9(7-12(11)19)13-4-2-10(25-13)8-14-16(23)20(17(24)26-14)6-5-15(21)22/h1-4,7-8H,5-6H2,(H,21,22)/b14-8+. The Morgan fingerprint density at radius 2 is 1.96 bits per heavy atom. The number of amides is 2. The van der Waals surface area contributed by atoms with Crippen LogP contribution in [-0.4, -0.2) is 33.7 Å². The van der Waals surface area contributed by atoms with Crippen LogP contribution in [-0.2, 0) is 9.59 Å². The third-order valence-corrected chi connectivity index (χ3v) is 5.17. The van der Waals surface area contributed by atoms with Crippen molar-refractivity contribution in [3.63, 3.8) is 0 Å². The van der Waals surface area contributed by atoms with Crippen LogP contribution >= 0.6 is 35.0 Å². The summed E-state index contributed by atoms with van der Waals surface area (Å²) < 4.78 is 5.68. The topological polar surface area (TPSA) is 87.8 Å². The quantitative estimate of drug-likeness (QED) is 0.713. The zero-order valence-corrected chi connectivity index (χ0v) is 15.4. The molecule has 0 unspecified atom stereocenters. The Bertz CT molecular complexity index is 937. The molecule has 1 aromatic heterocycles. The minimum atomic E-state index is -1.08. The van der Waals surface area contributed by atoms with Crippen molar-refractivity contribution in [2.75, 3.05) is 6.54 Å². The van der Waals surface area contributed by atoms with Crippen molar-refractivity contribution in [2.45, 2.75) is 6.42 Å². The number of nitrogens with zero attached hydrogens (tertiary/aromatic N) is 1. The minimum Gasteiger partial charge on any atom is -0.481 e. The van der Waals surface area contributed by atoms with Gasteiger partial charge in [-0.3, -0.25) is 19.3 Å². The zero-order chi connectivity index (χ0) is 18.8. The van der Waals surface area contributed by atoms with Gasteiger partial charge in [0.05, 0.1) is 21.4 Å². The number of benzene rings is 1. The summed E-state index contributed by atoms with van der Waals surface area (Å²) >= 11 is 12.6. The van der Waals surface area contributed by atoms with E-state index in [4.69, 9.17) is 32.7 Å². The first-order chi connectivity index (χ1) is 12.3. The lowest BCUT2D eigenvalue weighted by Crippen LogP contribution is -2.30. The molecule has 1 saturated heterocycles. The molecule has 0 saturated carbocycles. The summed E-state index contributed by atoms with van der Waals surface area (Å²) in [6.45, 7) is -0.163. The summed E-state index contributed by atoms with van der Waals surface area (Å²) in [4.78, 5) is 35.8. The van der Waals surface area contributed by atoms with Gasteiger partial charge >= 0.3 is 5.97 Å². The lowest BCUT2D eigenvalue weighted by molar-refractivity contribution is -0.137. The van der Waals surface area contributed by atoms with E-state index >= 15 is 0 Å². The Balaban J connectivity index is 1.79. The average molecular weight is 412 g/mol. The van der Waals surface area contributed by atoms with Crippen molar-refractivity contribution in [3.8, 4) is 11.3 Å². The van der Waals surface area contributed by atoms with Gasteiger partial charge in [-0.25, -0.2) is 0 Å². The SMILES string of the molecule is O=C(O)CCN1C(=O)S/C(=C/c2ccc(-c3ccc(Cl)c(Cl)c3)o2)C1=O. The number of halogens is 2. The molecule has 134 valence electrons. The molecule has 0 aliphatic carbocycles. The van der Waals surface area contributed by atoms with Crippen LogP contribution in [0.4, 0.5) is 4.79 Å². The second kappa shape index (κ2) is 7.57. The van der Waals surface area contributed by atoms with Crippen LogP contribution in [0.1, 0.15) is 12.2 Å². The first-order valence-corrected chi connectivity index (χ1v) is 8.95. The molecule has 9 heteroatoms. The Morgan fingerprint density at radius 1 is 1.19 bits per heavy atom. The number of aliphatic carboxylic acids is 1. The molecule has 26 heavy (non-hydrogen) atoms. The summed E-state index contributed by atoms with van der Waals surface area (Å²) in [7, 11) is 0. The number of rotatable bonds is 5. The number of carboxylic acids is 1. The third kappa shape index (κ3) is 3.95. The van der Waals surface area contributed by atoms with Crippen LogP contribution in [0.5, 0.6) is 0 Å². The molecular weight excluding hydrogens is 401 g/mol. The number of carbonyl (C=O) groups excluding carboxylic acids is 2. The average Bonchev–Trinajstić information content (AvgIpc) is 3.14. The molecule has 0 atom stereocenters. The second-order valence-corrected chi connectivity index (χ2v) is 7.12. The Labute approximate surface area is 162 Å². The highest BCUT2D eigenvalue weighted by atomic mass is 35.5. The monoisotopic (exact) mass is 411 g/mol. The molecule has 2 heterocycles. The number of hydrogen-bond donors (Lipinski definition) is 1. The van der Waals surface area contributed by atoms with Crippen molar-refractivity contribution in [1.29, 1.82) is 0 Å². The first kappa shape index (κ1) is 18.6. The third-order valence-electron chi connectivity index (χ3n) is 3.53. The van der Waals surface area contributed by atoms with E-state index in [1.807, 2.05) is 0 Å². The van der Waals surface area contributed by atoms with Crippen molar-refractivity contribution in [2.24, 2.45) is 0 Å². The molecule has 0 spiro atoms. The largest absolute Gasteiger partial charge is 0.481 e. The fraction of sp³-hybridized carbons (Fsp3) is 0.118. The van der Waals surface area contributed by atoms with Crippen LogP contribution < -0.4 is 0 Å². The highest BCUT2D eigenvalue weighted by Crippen LogP contribution is 2.34. The van der Waals surface area contributed by atoms with E-state index in [9.17, 15) is 14.4 Å². The molecule has 1 N–H and O–H groups in total. The van der Waals surface area contributed by atoms with E-state index in [-0.39, 0.29) is 17.9 Å². The van der Waals surface area contributed by atoms with Crippen LogP contribution in [0.15, 0.2) is 39.7 Å².